The second-order valence-electron chi connectivity index (χ2n) is 4.91. The van der Waals surface area contributed by atoms with Crippen molar-refractivity contribution in [1.29, 1.82) is 0 Å². The summed E-state index contributed by atoms with van der Waals surface area (Å²) in [6.07, 6.45) is 2.16. The van der Waals surface area contributed by atoms with Crippen LogP contribution in [0.15, 0.2) is 36.9 Å². The summed E-state index contributed by atoms with van der Waals surface area (Å²) in [4.78, 5) is 15.6. The van der Waals surface area contributed by atoms with Crippen molar-refractivity contribution in [2.75, 3.05) is 6.54 Å². The smallest absolute Gasteiger partial charge is 0.315 e. The van der Waals surface area contributed by atoms with Crippen LogP contribution < -0.4 is 10.6 Å². The molecule has 2 aromatic rings. The van der Waals surface area contributed by atoms with Crippen LogP contribution in [0.5, 0.6) is 0 Å². The Labute approximate surface area is 133 Å². The first-order chi connectivity index (χ1) is 10.6. The van der Waals surface area contributed by atoms with Crippen molar-refractivity contribution in [3.63, 3.8) is 0 Å². The summed E-state index contributed by atoms with van der Waals surface area (Å²) in [5, 5.41) is 19.8. The number of aliphatic hydroxyl groups excluding tert-OH is 1. The summed E-state index contributed by atoms with van der Waals surface area (Å²) in [5.41, 5.74) is 0.583. The summed E-state index contributed by atoms with van der Waals surface area (Å²) in [6.45, 7) is 2.44. The van der Waals surface area contributed by atoms with Gasteiger partial charge in [-0.2, -0.15) is 5.10 Å². The minimum Gasteiger partial charge on any atom is -0.387 e. The molecule has 2 rings (SSSR count). The van der Waals surface area contributed by atoms with Crippen LogP contribution in [0.1, 0.15) is 18.6 Å². The fourth-order valence-corrected chi connectivity index (χ4v) is 2.23. The zero-order chi connectivity index (χ0) is 15.9. The molecule has 118 valence electrons. The van der Waals surface area contributed by atoms with Gasteiger partial charge in [0, 0.05) is 23.2 Å². The predicted molar refractivity (Wildman–Crippen MR) is 82.4 cm³/mol. The van der Waals surface area contributed by atoms with E-state index in [1.165, 1.54) is 6.33 Å². The van der Waals surface area contributed by atoms with Crippen LogP contribution in [-0.2, 0) is 6.54 Å². The Kier molecular flexibility index (Phi) is 5.74. The van der Waals surface area contributed by atoms with Crippen molar-refractivity contribution in [1.82, 2.24) is 25.4 Å². The molecule has 2 amide bonds. The number of nitrogens with one attached hydrogen (secondary N) is 2. The molecular formula is C14H18ClN5O2. The molecule has 7 nitrogen and oxygen atoms in total. The maximum atomic E-state index is 11.8. The number of benzene rings is 1. The molecule has 0 fully saturated rings. The van der Waals surface area contributed by atoms with E-state index in [9.17, 15) is 9.90 Å². The minimum absolute atomic E-state index is 0.0750. The van der Waals surface area contributed by atoms with Crippen LogP contribution in [-0.4, -0.2) is 38.5 Å². The average Bonchev–Trinajstić information content (AvgIpc) is 2.98. The van der Waals surface area contributed by atoms with Crippen molar-refractivity contribution >= 4 is 17.6 Å². The third-order valence-electron chi connectivity index (χ3n) is 3.03. The summed E-state index contributed by atoms with van der Waals surface area (Å²) in [7, 11) is 0. The number of urea groups is 1. The molecule has 0 aliphatic carbocycles. The van der Waals surface area contributed by atoms with Crippen molar-refractivity contribution in [3.05, 3.63) is 47.5 Å². The molecule has 1 heterocycles. The Morgan fingerprint density at radius 2 is 2.23 bits per heavy atom. The van der Waals surface area contributed by atoms with E-state index in [0.717, 1.165) is 0 Å². The Morgan fingerprint density at radius 3 is 2.91 bits per heavy atom. The number of carbonyl (C=O) groups is 1. The molecular weight excluding hydrogens is 306 g/mol. The first-order valence-electron chi connectivity index (χ1n) is 6.85. The zero-order valence-electron chi connectivity index (χ0n) is 12.1. The Hall–Kier alpha value is -2.12. The van der Waals surface area contributed by atoms with Gasteiger partial charge in [-0.1, -0.05) is 29.8 Å². The highest BCUT2D eigenvalue weighted by molar-refractivity contribution is 6.31. The Balaban J connectivity index is 1.76. The second kappa shape index (κ2) is 7.77. The van der Waals surface area contributed by atoms with E-state index in [2.05, 4.69) is 20.7 Å². The summed E-state index contributed by atoms with van der Waals surface area (Å²) < 4.78 is 1.63. The van der Waals surface area contributed by atoms with Crippen molar-refractivity contribution in [3.8, 4) is 0 Å². The summed E-state index contributed by atoms with van der Waals surface area (Å²) >= 11 is 5.99. The number of aliphatic hydroxyl groups is 1. The van der Waals surface area contributed by atoms with Gasteiger partial charge in [-0.15, -0.1) is 0 Å². The lowest BCUT2D eigenvalue weighted by Crippen LogP contribution is -2.43. The van der Waals surface area contributed by atoms with Gasteiger partial charge in [-0.25, -0.2) is 9.78 Å². The third-order valence-corrected chi connectivity index (χ3v) is 3.37. The molecule has 8 heteroatoms. The highest BCUT2D eigenvalue weighted by Crippen LogP contribution is 2.21. The number of carbonyl (C=O) groups excluding carboxylic acids is 1. The minimum atomic E-state index is -0.856. The number of hydrogen-bond donors (Lipinski definition) is 3. The van der Waals surface area contributed by atoms with E-state index in [-0.39, 0.29) is 18.6 Å². The molecule has 1 aromatic carbocycles. The number of aromatic nitrogens is 3. The van der Waals surface area contributed by atoms with Gasteiger partial charge in [0.05, 0.1) is 12.6 Å². The highest BCUT2D eigenvalue weighted by atomic mass is 35.5. The normalized spacial score (nSPS) is 13.4. The van der Waals surface area contributed by atoms with Gasteiger partial charge in [0.1, 0.15) is 12.7 Å². The lowest BCUT2D eigenvalue weighted by atomic mass is 10.1. The van der Waals surface area contributed by atoms with Gasteiger partial charge in [-0.05, 0) is 13.0 Å². The fraction of sp³-hybridized carbons (Fsp3) is 0.357. The molecule has 22 heavy (non-hydrogen) atoms. The first-order valence-corrected chi connectivity index (χ1v) is 7.23. The van der Waals surface area contributed by atoms with Crippen LogP contribution in [0, 0.1) is 0 Å². The van der Waals surface area contributed by atoms with E-state index in [0.29, 0.717) is 17.1 Å². The van der Waals surface area contributed by atoms with Crippen LogP contribution >= 0.6 is 11.6 Å². The van der Waals surface area contributed by atoms with Crippen LogP contribution in [0.2, 0.25) is 5.02 Å². The van der Waals surface area contributed by atoms with Crippen molar-refractivity contribution < 1.29 is 9.90 Å². The fourth-order valence-electron chi connectivity index (χ4n) is 1.97. The number of rotatable bonds is 6. The van der Waals surface area contributed by atoms with Gasteiger partial charge in [0.25, 0.3) is 0 Å². The summed E-state index contributed by atoms with van der Waals surface area (Å²) in [5.74, 6) is 0. The number of halogens is 1. The third kappa shape index (κ3) is 4.71. The van der Waals surface area contributed by atoms with Gasteiger partial charge < -0.3 is 15.7 Å². The molecule has 0 aliphatic rings. The first kappa shape index (κ1) is 16.3. The molecule has 0 spiro atoms. The molecule has 0 saturated carbocycles. The molecule has 2 unspecified atom stereocenters. The van der Waals surface area contributed by atoms with E-state index in [4.69, 9.17) is 11.6 Å². The molecule has 3 N–H and O–H groups in total. The molecule has 0 aliphatic heterocycles. The van der Waals surface area contributed by atoms with Gasteiger partial charge in [0.15, 0.2) is 0 Å². The van der Waals surface area contributed by atoms with Gasteiger partial charge >= 0.3 is 6.03 Å². The highest BCUT2D eigenvalue weighted by Gasteiger charge is 2.13. The maximum Gasteiger partial charge on any atom is 0.315 e. The number of amides is 2. The van der Waals surface area contributed by atoms with E-state index >= 15 is 0 Å². The van der Waals surface area contributed by atoms with Crippen LogP contribution in [0.4, 0.5) is 4.79 Å². The molecule has 0 bridgehead atoms. The van der Waals surface area contributed by atoms with E-state index < -0.39 is 6.10 Å². The number of nitrogens with zero attached hydrogens (tertiary/aromatic N) is 3. The number of hydrogen-bond acceptors (Lipinski definition) is 4. The topological polar surface area (TPSA) is 92.1 Å². The standard InChI is InChI=1S/C14H18ClN5O2/c1-10(7-20-9-16-8-18-20)19-14(22)17-6-13(21)11-4-2-3-5-12(11)15/h2-5,8-10,13,21H,6-7H2,1H3,(H2,17,19,22). The lowest BCUT2D eigenvalue weighted by molar-refractivity contribution is 0.172. The van der Waals surface area contributed by atoms with Crippen LogP contribution in [0.3, 0.4) is 0 Å². The largest absolute Gasteiger partial charge is 0.387 e. The molecule has 2 atom stereocenters. The van der Waals surface area contributed by atoms with Crippen molar-refractivity contribution in [2.45, 2.75) is 25.6 Å². The lowest BCUT2D eigenvalue weighted by Gasteiger charge is -2.17. The van der Waals surface area contributed by atoms with Crippen LogP contribution in [0.25, 0.3) is 0 Å². The monoisotopic (exact) mass is 323 g/mol. The predicted octanol–water partition coefficient (Wildman–Crippen LogP) is 1.35. The molecule has 0 radical (unpaired) electrons. The van der Waals surface area contributed by atoms with E-state index in [1.807, 2.05) is 6.92 Å². The van der Waals surface area contributed by atoms with Crippen molar-refractivity contribution in [2.24, 2.45) is 0 Å². The second-order valence-corrected chi connectivity index (χ2v) is 5.32. The van der Waals surface area contributed by atoms with Gasteiger partial charge in [0.2, 0.25) is 0 Å². The maximum absolute atomic E-state index is 11.8. The Bertz CT molecular complexity index is 605. The molecule has 0 saturated heterocycles. The van der Waals surface area contributed by atoms with Gasteiger partial charge in [-0.3, -0.25) is 4.68 Å². The summed E-state index contributed by atoms with van der Waals surface area (Å²) in [6, 6.07) is 6.49. The Morgan fingerprint density at radius 1 is 1.45 bits per heavy atom. The zero-order valence-corrected chi connectivity index (χ0v) is 12.9. The SMILES string of the molecule is CC(Cn1cncn1)NC(=O)NCC(O)c1ccccc1Cl. The van der Waals surface area contributed by atoms with E-state index in [1.54, 1.807) is 35.3 Å². The average molecular weight is 324 g/mol. The quantitative estimate of drug-likeness (QED) is 0.748. The molecule has 1 aromatic heterocycles.